The van der Waals surface area contributed by atoms with E-state index in [1.54, 1.807) is 23.5 Å². The lowest BCUT2D eigenvalue weighted by Crippen LogP contribution is -2.46. The summed E-state index contributed by atoms with van der Waals surface area (Å²) in [6, 6.07) is -0.236. The number of amides is 1. The van der Waals surface area contributed by atoms with Crippen LogP contribution in [0.1, 0.15) is 27.2 Å². The van der Waals surface area contributed by atoms with Crippen molar-refractivity contribution < 1.29 is 14.6 Å². The molecule has 1 heterocycles. The first-order valence-corrected chi connectivity index (χ1v) is 7.86. The van der Waals surface area contributed by atoms with Gasteiger partial charge < -0.3 is 15.2 Å². The first kappa shape index (κ1) is 15.0. The van der Waals surface area contributed by atoms with Crippen molar-refractivity contribution in [3.8, 4) is 0 Å². The number of nitrogens with one attached hydrogen (secondary N) is 1. The highest BCUT2D eigenvalue weighted by Crippen LogP contribution is 2.32. The normalized spacial score (nSPS) is 19.8. The number of aliphatic hydroxyl groups excluding tert-OH is 1. The Kier molecular flexibility index (Phi) is 5.95. The van der Waals surface area contributed by atoms with E-state index in [0.717, 1.165) is 11.5 Å². The summed E-state index contributed by atoms with van der Waals surface area (Å²) >= 11 is 3.58. The largest absolute Gasteiger partial charge is 0.444 e. The molecule has 0 saturated carbocycles. The molecular formula is C11H21NO3S2. The molecule has 2 N–H and O–H groups in total. The van der Waals surface area contributed by atoms with Gasteiger partial charge in [0.05, 0.1) is 17.2 Å². The van der Waals surface area contributed by atoms with E-state index in [9.17, 15) is 9.90 Å². The van der Waals surface area contributed by atoms with Crippen molar-refractivity contribution in [1.29, 1.82) is 0 Å². The summed E-state index contributed by atoms with van der Waals surface area (Å²) in [4.78, 5) is 11.6. The van der Waals surface area contributed by atoms with E-state index in [-0.39, 0.29) is 17.2 Å². The van der Waals surface area contributed by atoms with Crippen LogP contribution in [-0.4, -0.2) is 45.5 Å². The molecule has 1 saturated heterocycles. The van der Waals surface area contributed by atoms with Gasteiger partial charge in [-0.05, 0) is 38.7 Å². The minimum Gasteiger partial charge on any atom is -0.444 e. The molecule has 1 rings (SSSR count). The summed E-state index contributed by atoms with van der Waals surface area (Å²) in [7, 11) is 0. The summed E-state index contributed by atoms with van der Waals surface area (Å²) in [5, 5.41) is 12.1. The van der Waals surface area contributed by atoms with Gasteiger partial charge in [0.15, 0.2) is 0 Å². The average Bonchev–Trinajstić information content (AvgIpc) is 2.24. The molecule has 1 amide bonds. The molecule has 0 radical (unpaired) electrons. The van der Waals surface area contributed by atoms with E-state index >= 15 is 0 Å². The van der Waals surface area contributed by atoms with E-state index in [2.05, 4.69) is 5.32 Å². The molecule has 0 aromatic carbocycles. The third-order valence-corrected chi connectivity index (χ3v) is 5.26. The molecule has 1 aliphatic heterocycles. The number of rotatable bonds is 3. The van der Waals surface area contributed by atoms with Gasteiger partial charge in [0.1, 0.15) is 5.60 Å². The topological polar surface area (TPSA) is 58.6 Å². The summed E-state index contributed by atoms with van der Waals surface area (Å²) in [5.74, 6) is 2.17. The molecule has 100 valence electrons. The Labute approximate surface area is 111 Å². The van der Waals surface area contributed by atoms with Gasteiger partial charge in [-0.1, -0.05) is 0 Å². The van der Waals surface area contributed by atoms with Gasteiger partial charge in [-0.25, -0.2) is 4.79 Å². The predicted octanol–water partition coefficient (Wildman–Crippen LogP) is 2.07. The zero-order chi connectivity index (χ0) is 12.9. The van der Waals surface area contributed by atoms with Gasteiger partial charge in [0, 0.05) is 0 Å². The van der Waals surface area contributed by atoms with Gasteiger partial charge >= 0.3 is 6.09 Å². The maximum atomic E-state index is 11.6. The average molecular weight is 279 g/mol. The monoisotopic (exact) mass is 279 g/mol. The van der Waals surface area contributed by atoms with Crippen molar-refractivity contribution in [1.82, 2.24) is 5.32 Å². The van der Waals surface area contributed by atoms with Crippen LogP contribution in [0.25, 0.3) is 0 Å². The zero-order valence-corrected chi connectivity index (χ0v) is 12.2. The lowest BCUT2D eigenvalue weighted by atomic mass is 10.2. The molecule has 1 atom stereocenters. The maximum absolute atomic E-state index is 11.6. The fourth-order valence-electron chi connectivity index (χ4n) is 1.40. The van der Waals surface area contributed by atoms with Crippen LogP contribution in [0.4, 0.5) is 4.79 Å². The van der Waals surface area contributed by atoms with Crippen molar-refractivity contribution >= 4 is 29.6 Å². The number of carbonyl (C=O) groups is 1. The predicted molar refractivity (Wildman–Crippen MR) is 73.6 cm³/mol. The van der Waals surface area contributed by atoms with Gasteiger partial charge in [-0.3, -0.25) is 0 Å². The van der Waals surface area contributed by atoms with E-state index in [1.165, 1.54) is 6.42 Å². The summed E-state index contributed by atoms with van der Waals surface area (Å²) in [6.07, 6.45) is 0.736. The van der Waals surface area contributed by atoms with Gasteiger partial charge in [0.2, 0.25) is 0 Å². The number of hydrogen-bond acceptors (Lipinski definition) is 5. The second-order valence-electron chi connectivity index (χ2n) is 4.90. The third-order valence-electron chi connectivity index (χ3n) is 2.08. The van der Waals surface area contributed by atoms with Crippen LogP contribution < -0.4 is 5.32 Å². The molecule has 0 aliphatic carbocycles. The van der Waals surface area contributed by atoms with E-state index in [4.69, 9.17) is 4.74 Å². The first-order chi connectivity index (χ1) is 7.92. The van der Waals surface area contributed by atoms with Crippen LogP contribution in [0.2, 0.25) is 0 Å². The van der Waals surface area contributed by atoms with Crippen LogP contribution in [0.5, 0.6) is 0 Å². The summed E-state index contributed by atoms with van der Waals surface area (Å²) in [5.41, 5.74) is -0.503. The fraction of sp³-hybridized carbons (Fsp3) is 0.909. The Balaban J connectivity index is 2.42. The van der Waals surface area contributed by atoms with Crippen LogP contribution in [0.15, 0.2) is 0 Å². The van der Waals surface area contributed by atoms with Crippen LogP contribution in [-0.2, 0) is 4.74 Å². The van der Waals surface area contributed by atoms with E-state index < -0.39 is 11.7 Å². The summed E-state index contributed by atoms with van der Waals surface area (Å²) in [6.45, 7) is 5.42. The highest BCUT2D eigenvalue weighted by molar-refractivity contribution is 8.17. The Morgan fingerprint density at radius 2 is 2.06 bits per heavy atom. The molecule has 17 heavy (non-hydrogen) atoms. The van der Waals surface area contributed by atoms with E-state index in [1.807, 2.05) is 20.8 Å². The van der Waals surface area contributed by atoms with Crippen molar-refractivity contribution in [2.24, 2.45) is 0 Å². The van der Waals surface area contributed by atoms with Crippen LogP contribution >= 0.6 is 23.5 Å². The number of thioether (sulfide) groups is 2. The van der Waals surface area contributed by atoms with Crippen LogP contribution in [0.3, 0.4) is 0 Å². The Morgan fingerprint density at radius 3 is 2.53 bits per heavy atom. The molecule has 1 unspecified atom stereocenters. The molecule has 4 nitrogen and oxygen atoms in total. The fourth-order valence-corrected chi connectivity index (χ4v) is 4.40. The van der Waals surface area contributed by atoms with Gasteiger partial charge in [0.25, 0.3) is 0 Å². The molecule has 1 aliphatic rings. The van der Waals surface area contributed by atoms with Crippen molar-refractivity contribution in [3.05, 3.63) is 0 Å². The first-order valence-electron chi connectivity index (χ1n) is 5.76. The lowest BCUT2D eigenvalue weighted by molar-refractivity contribution is 0.0488. The number of carbonyl (C=O) groups excluding carboxylic acids is 1. The Hall–Kier alpha value is -0.0700. The van der Waals surface area contributed by atoms with Crippen molar-refractivity contribution in [2.75, 3.05) is 18.1 Å². The molecule has 0 aromatic rings. The Morgan fingerprint density at radius 1 is 1.47 bits per heavy atom. The number of alkyl carbamates (subject to hydrolysis) is 1. The van der Waals surface area contributed by atoms with Gasteiger partial charge in [-0.15, -0.1) is 23.5 Å². The maximum Gasteiger partial charge on any atom is 0.408 e. The molecule has 0 aromatic heterocycles. The number of aliphatic hydroxyl groups is 1. The highest BCUT2D eigenvalue weighted by atomic mass is 32.2. The minimum atomic E-state index is -0.503. The summed E-state index contributed by atoms with van der Waals surface area (Å²) < 4.78 is 5.40. The number of hydrogen-bond donors (Lipinski definition) is 2. The third kappa shape index (κ3) is 5.88. The minimum absolute atomic E-state index is 0.0517. The second kappa shape index (κ2) is 6.75. The molecule has 0 spiro atoms. The zero-order valence-electron chi connectivity index (χ0n) is 10.6. The molecule has 1 fully saturated rings. The van der Waals surface area contributed by atoms with Crippen LogP contribution in [0, 0.1) is 0 Å². The smallest absolute Gasteiger partial charge is 0.408 e. The molecule has 0 bridgehead atoms. The SMILES string of the molecule is CC(C)(C)OC(=O)NC(CO)C1SCCCS1. The molecule has 6 heteroatoms. The van der Waals surface area contributed by atoms with Crippen molar-refractivity contribution in [3.63, 3.8) is 0 Å². The van der Waals surface area contributed by atoms with Crippen molar-refractivity contribution in [2.45, 2.75) is 43.4 Å². The standard InChI is InChI=1S/C11H21NO3S2/c1-11(2,3)15-10(14)12-8(7-13)9-16-5-4-6-17-9/h8-9,13H,4-7H2,1-3H3,(H,12,14). The van der Waals surface area contributed by atoms with E-state index in [0.29, 0.717) is 0 Å². The van der Waals surface area contributed by atoms with Gasteiger partial charge in [-0.2, -0.15) is 0 Å². The highest BCUT2D eigenvalue weighted by Gasteiger charge is 2.27. The molecular weight excluding hydrogens is 258 g/mol. The lowest BCUT2D eigenvalue weighted by Gasteiger charge is -2.29. The number of ether oxygens (including phenoxy) is 1. The second-order valence-corrected chi connectivity index (χ2v) is 7.70. The Bertz CT molecular complexity index is 250. The quantitative estimate of drug-likeness (QED) is 0.828.